The van der Waals surface area contributed by atoms with E-state index in [9.17, 15) is 23.3 Å². The first-order chi connectivity index (χ1) is 10.6. The molecule has 128 valence electrons. The number of hydrogen-bond donors (Lipinski definition) is 2. The van der Waals surface area contributed by atoms with Gasteiger partial charge in [0.15, 0.2) is 0 Å². The number of carbonyl (C=O) groups is 1. The predicted octanol–water partition coefficient (Wildman–Crippen LogP) is 1.38. The number of aliphatic carboxylic acids is 1. The van der Waals surface area contributed by atoms with Crippen molar-refractivity contribution in [1.29, 1.82) is 0 Å². The second-order valence-corrected chi connectivity index (χ2v) is 6.92. The van der Waals surface area contributed by atoms with Crippen LogP contribution in [-0.2, 0) is 14.8 Å². The van der Waals surface area contributed by atoms with E-state index in [1.165, 1.54) is 7.11 Å². The summed E-state index contributed by atoms with van der Waals surface area (Å²) in [6.45, 7) is 3.50. The first-order valence-corrected chi connectivity index (χ1v) is 8.14. The van der Waals surface area contributed by atoms with E-state index in [1.807, 2.05) is 0 Å². The average molecular weight is 346 g/mol. The maximum atomic E-state index is 12.4. The standard InChI is InChI=1S/C13H18N2O7S/c1-8(2)6-10(13(16)17)14-23(20,21)12-7-9(15(18)19)4-5-11(12)22-3/h4-5,7-8,10,14H,6H2,1-3H3,(H,16,17)/t10-/m0/s1. The molecule has 0 fully saturated rings. The van der Waals surface area contributed by atoms with Crippen LogP contribution in [0.3, 0.4) is 0 Å². The minimum absolute atomic E-state index is 0.0641. The summed E-state index contributed by atoms with van der Waals surface area (Å²) in [5.41, 5.74) is -0.443. The summed E-state index contributed by atoms with van der Waals surface area (Å²) in [4.78, 5) is 20.8. The highest BCUT2D eigenvalue weighted by Gasteiger charge is 2.29. The van der Waals surface area contributed by atoms with Gasteiger partial charge in [-0.15, -0.1) is 0 Å². The Kier molecular flexibility index (Phi) is 6.05. The Bertz CT molecular complexity index is 700. The lowest BCUT2D eigenvalue weighted by atomic mass is 10.1. The summed E-state index contributed by atoms with van der Waals surface area (Å²) in [6, 6.07) is 1.73. The van der Waals surface area contributed by atoms with Gasteiger partial charge in [-0.2, -0.15) is 4.72 Å². The molecular formula is C13H18N2O7S. The first kappa shape index (κ1) is 18.8. The van der Waals surface area contributed by atoms with Crippen LogP contribution in [0.4, 0.5) is 5.69 Å². The van der Waals surface area contributed by atoms with Gasteiger partial charge in [0, 0.05) is 12.1 Å². The second-order valence-electron chi connectivity index (χ2n) is 5.23. The van der Waals surface area contributed by atoms with Crippen molar-refractivity contribution in [3.05, 3.63) is 28.3 Å². The minimum Gasteiger partial charge on any atom is -0.495 e. The average Bonchev–Trinajstić information content (AvgIpc) is 2.44. The second kappa shape index (κ2) is 7.38. The van der Waals surface area contributed by atoms with Crippen molar-refractivity contribution in [2.45, 2.75) is 31.2 Å². The molecule has 1 atom stereocenters. The van der Waals surface area contributed by atoms with Crippen LogP contribution in [0.1, 0.15) is 20.3 Å². The highest BCUT2D eigenvalue weighted by Crippen LogP contribution is 2.28. The summed E-state index contributed by atoms with van der Waals surface area (Å²) < 4.78 is 31.8. The number of ether oxygens (including phenoxy) is 1. The number of benzene rings is 1. The summed E-state index contributed by atoms with van der Waals surface area (Å²) in [5.74, 6) is -1.51. The Morgan fingerprint density at radius 3 is 2.48 bits per heavy atom. The molecule has 10 heteroatoms. The Labute approximate surface area is 133 Å². The molecule has 0 amide bonds. The van der Waals surface area contributed by atoms with E-state index < -0.39 is 37.5 Å². The van der Waals surface area contributed by atoms with Gasteiger partial charge >= 0.3 is 5.97 Å². The van der Waals surface area contributed by atoms with E-state index in [0.717, 1.165) is 18.2 Å². The van der Waals surface area contributed by atoms with E-state index in [0.29, 0.717) is 0 Å². The highest BCUT2D eigenvalue weighted by molar-refractivity contribution is 7.89. The number of nitro groups is 1. The lowest BCUT2D eigenvalue weighted by Gasteiger charge is -2.17. The Balaban J connectivity index is 3.28. The number of carboxylic acids is 1. The normalized spacial score (nSPS) is 12.9. The molecular weight excluding hydrogens is 328 g/mol. The minimum atomic E-state index is -4.31. The summed E-state index contributed by atoms with van der Waals surface area (Å²) in [6.07, 6.45) is 0.0752. The van der Waals surface area contributed by atoms with Crippen molar-refractivity contribution < 1.29 is 28.0 Å². The van der Waals surface area contributed by atoms with E-state index in [2.05, 4.69) is 4.72 Å². The first-order valence-electron chi connectivity index (χ1n) is 6.66. The Morgan fingerprint density at radius 1 is 1.43 bits per heavy atom. The van der Waals surface area contributed by atoms with Gasteiger partial charge in [-0.1, -0.05) is 13.8 Å². The van der Waals surface area contributed by atoms with Gasteiger partial charge in [-0.3, -0.25) is 14.9 Å². The van der Waals surface area contributed by atoms with E-state index in [4.69, 9.17) is 9.84 Å². The van der Waals surface area contributed by atoms with E-state index in [-0.39, 0.29) is 18.1 Å². The number of nitro benzene ring substituents is 1. The third-order valence-electron chi connectivity index (χ3n) is 2.95. The van der Waals surface area contributed by atoms with Crippen molar-refractivity contribution in [1.82, 2.24) is 4.72 Å². The SMILES string of the molecule is COc1ccc([N+](=O)[O-])cc1S(=O)(=O)N[C@@H](CC(C)C)C(=O)O. The molecule has 1 aromatic rings. The molecule has 0 bridgehead atoms. The number of carboxylic acid groups (broad SMARTS) is 1. The summed E-state index contributed by atoms with van der Waals surface area (Å²) >= 11 is 0. The maximum Gasteiger partial charge on any atom is 0.321 e. The Morgan fingerprint density at radius 2 is 2.04 bits per heavy atom. The number of non-ortho nitro benzene ring substituents is 1. The third-order valence-corrected chi connectivity index (χ3v) is 4.44. The van der Waals surface area contributed by atoms with E-state index >= 15 is 0 Å². The zero-order valence-electron chi connectivity index (χ0n) is 12.8. The predicted molar refractivity (Wildman–Crippen MR) is 80.8 cm³/mol. The van der Waals surface area contributed by atoms with Crippen LogP contribution in [0.5, 0.6) is 5.75 Å². The summed E-state index contributed by atoms with van der Waals surface area (Å²) in [5, 5.41) is 19.9. The highest BCUT2D eigenvalue weighted by atomic mass is 32.2. The van der Waals surface area contributed by atoms with Crippen LogP contribution < -0.4 is 9.46 Å². The van der Waals surface area contributed by atoms with Gasteiger partial charge in [-0.25, -0.2) is 8.42 Å². The molecule has 0 aromatic heterocycles. The van der Waals surface area contributed by atoms with Crippen LogP contribution in [0.25, 0.3) is 0 Å². The third kappa shape index (κ3) is 4.89. The van der Waals surface area contributed by atoms with Crippen LogP contribution >= 0.6 is 0 Å². The van der Waals surface area contributed by atoms with Crippen molar-refractivity contribution >= 4 is 21.7 Å². The van der Waals surface area contributed by atoms with Gasteiger partial charge in [0.25, 0.3) is 5.69 Å². The van der Waals surface area contributed by atoms with Gasteiger partial charge in [0.05, 0.1) is 12.0 Å². The molecule has 0 radical (unpaired) electrons. The van der Waals surface area contributed by atoms with Gasteiger partial charge in [0.2, 0.25) is 10.0 Å². The van der Waals surface area contributed by atoms with Crippen LogP contribution in [0.2, 0.25) is 0 Å². The number of nitrogens with zero attached hydrogens (tertiary/aromatic N) is 1. The molecule has 1 rings (SSSR count). The number of sulfonamides is 1. The van der Waals surface area contributed by atoms with Crippen LogP contribution in [0, 0.1) is 16.0 Å². The quantitative estimate of drug-likeness (QED) is 0.536. The zero-order chi connectivity index (χ0) is 17.8. The van der Waals surface area contributed by atoms with E-state index in [1.54, 1.807) is 13.8 Å². The number of hydrogen-bond acceptors (Lipinski definition) is 6. The fourth-order valence-electron chi connectivity index (χ4n) is 1.91. The number of methoxy groups -OCH3 is 1. The fourth-order valence-corrected chi connectivity index (χ4v) is 3.30. The molecule has 0 saturated heterocycles. The fraction of sp³-hybridized carbons (Fsp3) is 0.462. The summed E-state index contributed by atoms with van der Waals surface area (Å²) in [7, 11) is -3.10. The van der Waals surface area contributed by atoms with Crippen molar-refractivity contribution in [3.8, 4) is 5.75 Å². The molecule has 0 heterocycles. The lowest BCUT2D eigenvalue weighted by molar-refractivity contribution is -0.385. The molecule has 9 nitrogen and oxygen atoms in total. The molecule has 0 saturated carbocycles. The lowest BCUT2D eigenvalue weighted by Crippen LogP contribution is -2.41. The topological polar surface area (TPSA) is 136 Å². The maximum absolute atomic E-state index is 12.4. The largest absolute Gasteiger partial charge is 0.495 e. The van der Waals surface area contributed by atoms with Crippen molar-refractivity contribution in [2.75, 3.05) is 7.11 Å². The zero-order valence-corrected chi connectivity index (χ0v) is 13.7. The molecule has 0 spiro atoms. The molecule has 0 aliphatic rings. The number of nitrogens with one attached hydrogen (secondary N) is 1. The molecule has 0 aliphatic heterocycles. The van der Waals surface area contributed by atoms with Gasteiger partial charge < -0.3 is 9.84 Å². The smallest absolute Gasteiger partial charge is 0.321 e. The molecule has 23 heavy (non-hydrogen) atoms. The molecule has 2 N–H and O–H groups in total. The monoisotopic (exact) mass is 346 g/mol. The number of rotatable bonds is 8. The van der Waals surface area contributed by atoms with Crippen LogP contribution in [0.15, 0.2) is 23.1 Å². The molecule has 0 unspecified atom stereocenters. The van der Waals surface area contributed by atoms with Gasteiger partial charge in [0.1, 0.15) is 16.7 Å². The van der Waals surface area contributed by atoms with Crippen molar-refractivity contribution in [2.24, 2.45) is 5.92 Å². The molecule has 0 aliphatic carbocycles. The van der Waals surface area contributed by atoms with Crippen molar-refractivity contribution in [3.63, 3.8) is 0 Å². The van der Waals surface area contributed by atoms with Crippen LogP contribution in [-0.4, -0.2) is 37.6 Å². The van der Waals surface area contributed by atoms with Gasteiger partial charge in [-0.05, 0) is 18.4 Å². The molecule has 1 aromatic carbocycles. The Hall–Kier alpha value is -2.20.